The van der Waals surface area contributed by atoms with Crippen LogP contribution < -0.4 is 5.73 Å². The van der Waals surface area contributed by atoms with Crippen molar-refractivity contribution in [2.45, 2.75) is 0 Å². The lowest BCUT2D eigenvalue weighted by atomic mass is 10.3. The summed E-state index contributed by atoms with van der Waals surface area (Å²) in [6.07, 6.45) is 5.55. The molecular weight excluding hydrogens is 180 g/mol. The molecule has 0 atom stereocenters. The first-order valence-corrected chi connectivity index (χ1v) is 4.42. The molecule has 1 aromatic rings. The van der Waals surface area contributed by atoms with Crippen molar-refractivity contribution < 1.29 is 4.79 Å². The predicted molar refractivity (Wildman–Crippen MR) is 52.7 cm³/mol. The molecule has 1 aliphatic heterocycles. The second kappa shape index (κ2) is 3.17. The Morgan fingerprint density at radius 1 is 1.50 bits per heavy atom. The number of amides is 1. The van der Waals surface area contributed by atoms with Crippen LogP contribution in [0, 0.1) is 0 Å². The normalized spacial score (nSPS) is 15.1. The molecule has 0 bridgehead atoms. The Morgan fingerprint density at radius 3 is 2.64 bits per heavy atom. The fraction of sp³-hybridized carbons (Fsp3) is 0.333. The summed E-state index contributed by atoms with van der Waals surface area (Å²) in [7, 11) is 1.75. The number of hydrogen-bond donors (Lipinski definition) is 1. The fourth-order valence-electron chi connectivity index (χ4n) is 1.47. The molecule has 1 amide bonds. The Morgan fingerprint density at radius 2 is 2.14 bits per heavy atom. The largest absolute Gasteiger partial charge is 0.396 e. The molecule has 2 rings (SSSR count). The number of aromatic nitrogens is 2. The van der Waals surface area contributed by atoms with Gasteiger partial charge in [0.05, 0.1) is 5.69 Å². The van der Waals surface area contributed by atoms with Crippen LogP contribution in [-0.2, 0) is 7.05 Å². The quantitative estimate of drug-likeness (QED) is 0.638. The molecule has 0 aliphatic carbocycles. The number of hydrogen-bond acceptors (Lipinski definition) is 3. The van der Waals surface area contributed by atoms with E-state index in [2.05, 4.69) is 5.10 Å². The van der Waals surface area contributed by atoms with Crippen LogP contribution in [0.3, 0.4) is 0 Å². The number of nitrogens with two attached hydrogens (primary N) is 1. The highest BCUT2D eigenvalue weighted by atomic mass is 16.2. The minimum Gasteiger partial charge on any atom is -0.396 e. The van der Waals surface area contributed by atoms with Gasteiger partial charge in [-0.3, -0.25) is 9.48 Å². The molecule has 14 heavy (non-hydrogen) atoms. The van der Waals surface area contributed by atoms with Gasteiger partial charge in [0.2, 0.25) is 0 Å². The summed E-state index contributed by atoms with van der Waals surface area (Å²) in [5, 5.41) is 4.03. The van der Waals surface area contributed by atoms with Crippen LogP contribution in [0.4, 0.5) is 5.69 Å². The van der Waals surface area contributed by atoms with Gasteiger partial charge in [-0.1, -0.05) is 12.2 Å². The van der Waals surface area contributed by atoms with Crippen LogP contribution >= 0.6 is 0 Å². The smallest absolute Gasteiger partial charge is 0.277 e. The van der Waals surface area contributed by atoms with E-state index in [1.807, 2.05) is 12.2 Å². The van der Waals surface area contributed by atoms with Crippen molar-refractivity contribution in [1.82, 2.24) is 14.7 Å². The highest BCUT2D eigenvalue weighted by Gasteiger charge is 2.21. The zero-order chi connectivity index (χ0) is 10.1. The lowest BCUT2D eigenvalue weighted by Gasteiger charge is -2.13. The predicted octanol–water partition coefficient (Wildman–Crippen LogP) is 0.0143. The van der Waals surface area contributed by atoms with E-state index < -0.39 is 0 Å². The highest BCUT2D eigenvalue weighted by molar-refractivity contribution is 5.97. The maximum atomic E-state index is 11.8. The summed E-state index contributed by atoms with van der Waals surface area (Å²) in [5.74, 6) is -0.104. The Balaban J connectivity index is 2.22. The minimum atomic E-state index is -0.104. The van der Waals surface area contributed by atoms with Crippen molar-refractivity contribution in [3.05, 3.63) is 24.0 Å². The Kier molecular flexibility index (Phi) is 1.99. The summed E-state index contributed by atoms with van der Waals surface area (Å²) in [6.45, 7) is 1.30. The number of carbonyl (C=O) groups excluding carboxylic acids is 1. The molecule has 0 saturated carbocycles. The van der Waals surface area contributed by atoms with Gasteiger partial charge in [-0.15, -0.1) is 0 Å². The minimum absolute atomic E-state index is 0.104. The first-order valence-electron chi connectivity index (χ1n) is 4.42. The molecule has 2 heterocycles. The summed E-state index contributed by atoms with van der Waals surface area (Å²) < 4.78 is 1.55. The second-order valence-corrected chi connectivity index (χ2v) is 3.29. The molecule has 0 saturated heterocycles. The number of carbonyl (C=O) groups is 1. The van der Waals surface area contributed by atoms with Crippen molar-refractivity contribution in [2.75, 3.05) is 18.8 Å². The zero-order valence-electron chi connectivity index (χ0n) is 7.97. The molecule has 1 aromatic heterocycles. The maximum absolute atomic E-state index is 11.8. The van der Waals surface area contributed by atoms with Gasteiger partial charge in [0, 0.05) is 26.3 Å². The monoisotopic (exact) mass is 192 g/mol. The van der Waals surface area contributed by atoms with Crippen LogP contribution in [-0.4, -0.2) is 33.7 Å². The Bertz CT molecular complexity index is 386. The van der Waals surface area contributed by atoms with E-state index >= 15 is 0 Å². The average molecular weight is 192 g/mol. The van der Waals surface area contributed by atoms with E-state index in [1.165, 1.54) is 0 Å². The molecule has 0 fully saturated rings. The van der Waals surface area contributed by atoms with Gasteiger partial charge in [0.1, 0.15) is 0 Å². The topological polar surface area (TPSA) is 64.2 Å². The maximum Gasteiger partial charge on any atom is 0.277 e. The van der Waals surface area contributed by atoms with Gasteiger partial charge in [-0.25, -0.2) is 0 Å². The molecule has 0 unspecified atom stereocenters. The molecule has 0 radical (unpaired) electrons. The lowest BCUT2D eigenvalue weighted by molar-refractivity contribution is 0.0794. The lowest BCUT2D eigenvalue weighted by Crippen LogP contribution is -2.29. The van der Waals surface area contributed by atoms with Crippen LogP contribution in [0.2, 0.25) is 0 Å². The van der Waals surface area contributed by atoms with Gasteiger partial charge in [-0.05, 0) is 0 Å². The van der Waals surface area contributed by atoms with Crippen LogP contribution in [0.5, 0.6) is 0 Å². The molecule has 0 aromatic carbocycles. The number of aryl methyl sites for hydroxylation is 1. The van der Waals surface area contributed by atoms with Gasteiger partial charge >= 0.3 is 0 Å². The standard InChI is InChI=1S/C9H12N4O/c1-12-6-7(10)8(11-12)9(14)13-4-2-3-5-13/h2-3,6H,4-5,10H2,1H3. The third-order valence-corrected chi connectivity index (χ3v) is 2.17. The first kappa shape index (κ1) is 8.80. The summed E-state index contributed by atoms with van der Waals surface area (Å²) in [6, 6.07) is 0. The number of nitrogens with zero attached hydrogens (tertiary/aromatic N) is 3. The summed E-state index contributed by atoms with van der Waals surface area (Å²) in [4.78, 5) is 13.5. The second-order valence-electron chi connectivity index (χ2n) is 3.29. The summed E-state index contributed by atoms with van der Waals surface area (Å²) in [5.41, 5.74) is 6.44. The van der Waals surface area contributed by atoms with E-state index in [1.54, 1.807) is 22.8 Å². The van der Waals surface area contributed by atoms with E-state index in [0.29, 0.717) is 24.5 Å². The van der Waals surface area contributed by atoms with Gasteiger partial charge in [0.15, 0.2) is 5.69 Å². The number of nitrogen functional groups attached to an aromatic ring is 1. The SMILES string of the molecule is Cn1cc(N)c(C(=O)N2CC=CC2)n1. The van der Waals surface area contributed by atoms with Crippen LogP contribution in [0.25, 0.3) is 0 Å². The van der Waals surface area contributed by atoms with Crippen molar-refractivity contribution >= 4 is 11.6 Å². The van der Waals surface area contributed by atoms with E-state index in [9.17, 15) is 4.79 Å². The zero-order valence-corrected chi connectivity index (χ0v) is 7.97. The highest BCUT2D eigenvalue weighted by Crippen LogP contribution is 2.12. The third-order valence-electron chi connectivity index (χ3n) is 2.17. The molecule has 0 spiro atoms. The molecule has 74 valence electrons. The molecule has 5 nitrogen and oxygen atoms in total. The fourth-order valence-corrected chi connectivity index (χ4v) is 1.47. The van der Waals surface area contributed by atoms with Crippen molar-refractivity contribution in [3.8, 4) is 0 Å². The molecule has 1 aliphatic rings. The first-order chi connectivity index (χ1) is 6.68. The molecule has 2 N–H and O–H groups in total. The molecule has 5 heteroatoms. The van der Waals surface area contributed by atoms with Crippen molar-refractivity contribution in [1.29, 1.82) is 0 Å². The van der Waals surface area contributed by atoms with Gasteiger partial charge in [-0.2, -0.15) is 5.10 Å². The van der Waals surface area contributed by atoms with Crippen LogP contribution in [0.1, 0.15) is 10.5 Å². The van der Waals surface area contributed by atoms with Gasteiger partial charge < -0.3 is 10.6 Å². The van der Waals surface area contributed by atoms with Crippen LogP contribution in [0.15, 0.2) is 18.3 Å². The van der Waals surface area contributed by atoms with Crippen molar-refractivity contribution in [2.24, 2.45) is 7.05 Å². The Labute approximate surface area is 81.8 Å². The molecular formula is C9H12N4O. The average Bonchev–Trinajstić information content (AvgIpc) is 2.73. The summed E-state index contributed by atoms with van der Waals surface area (Å²) >= 11 is 0. The third kappa shape index (κ3) is 1.37. The van der Waals surface area contributed by atoms with E-state index in [0.717, 1.165) is 0 Å². The number of anilines is 1. The van der Waals surface area contributed by atoms with Crippen molar-refractivity contribution in [3.63, 3.8) is 0 Å². The number of rotatable bonds is 1. The Hall–Kier alpha value is -1.78. The van der Waals surface area contributed by atoms with E-state index in [-0.39, 0.29) is 5.91 Å². The van der Waals surface area contributed by atoms with E-state index in [4.69, 9.17) is 5.73 Å². The van der Waals surface area contributed by atoms with Gasteiger partial charge in [0.25, 0.3) is 5.91 Å².